The highest BCUT2D eigenvalue weighted by Gasteiger charge is 2.37. The molecule has 0 radical (unpaired) electrons. The summed E-state index contributed by atoms with van der Waals surface area (Å²) in [7, 11) is -3.45. The number of nitrogens with zero attached hydrogens (tertiary/aromatic N) is 1. The van der Waals surface area contributed by atoms with Crippen molar-refractivity contribution in [2.75, 3.05) is 16.6 Å². The van der Waals surface area contributed by atoms with Gasteiger partial charge >= 0.3 is 5.97 Å². The average molecular weight is 453 g/mol. The Morgan fingerprint density at radius 1 is 1.26 bits per heavy atom. The molecule has 0 spiro atoms. The van der Waals surface area contributed by atoms with E-state index in [0.29, 0.717) is 49.4 Å². The van der Waals surface area contributed by atoms with E-state index in [9.17, 15) is 18.0 Å². The second kappa shape index (κ2) is 11.0. The zero-order valence-electron chi connectivity index (χ0n) is 19.3. The van der Waals surface area contributed by atoms with Gasteiger partial charge in [0.05, 0.1) is 23.4 Å². The van der Waals surface area contributed by atoms with Gasteiger partial charge in [0.1, 0.15) is 6.10 Å². The van der Waals surface area contributed by atoms with Crippen LogP contribution in [0.3, 0.4) is 0 Å². The Bertz CT molecular complexity index is 868. The van der Waals surface area contributed by atoms with E-state index in [2.05, 4.69) is 19.2 Å². The lowest BCUT2D eigenvalue weighted by atomic mass is 9.94. The van der Waals surface area contributed by atoms with Crippen LogP contribution in [0.25, 0.3) is 0 Å². The number of cyclic esters (lactones) is 1. The zero-order valence-corrected chi connectivity index (χ0v) is 20.1. The maximum absolute atomic E-state index is 13.0. The van der Waals surface area contributed by atoms with E-state index in [0.717, 1.165) is 0 Å². The Hall–Kier alpha value is -2.09. The molecule has 1 aromatic rings. The SMILES string of the molecule is CCCN(c1cccc(C(=O)N[C@@H](CC(C)C)[C@H]2C[C@@H](C)C(=O)O2)c1)S(=O)(=O)CCC. The zero-order chi connectivity index (χ0) is 23.2. The summed E-state index contributed by atoms with van der Waals surface area (Å²) < 4.78 is 32.3. The first-order valence-electron chi connectivity index (χ1n) is 11.2. The van der Waals surface area contributed by atoms with Gasteiger partial charge in [0.25, 0.3) is 5.91 Å². The fraction of sp³-hybridized carbons (Fsp3) is 0.652. The Labute approximate surface area is 186 Å². The molecule has 0 aliphatic carbocycles. The summed E-state index contributed by atoms with van der Waals surface area (Å²) in [6.45, 7) is 10.1. The molecule has 1 heterocycles. The molecule has 0 unspecified atom stereocenters. The van der Waals surface area contributed by atoms with E-state index in [-0.39, 0.29) is 35.7 Å². The minimum absolute atomic E-state index is 0.0606. The molecule has 1 saturated heterocycles. The van der Waals surface area contributed by atoms with Crippen LogP contribution in [0.1, 0.15) is 70.7 Å². The molecule has 0 aromatic heterocycles. The largest absolute Gasteiger partial charge is 0.460 e. The summed E-state index contributed by atoms with van der Waals surface area (Å²) >= 11 is 0. The van der Waals surface area contributed by atoms with Gasteiger partial charge in [-0.25, -0.2) is 8.42 Å². The molecule has 31 heavy (non-hydrogen) atoms. The van der Waals surface area contributed by atoms with Crippen molar-refractivity contribution in [3.05, 3.63) is 29.8 Å². The van der Waals surface area contributed by atoms with Crippen molar-refractivity contribution in [1.82, 2.24) is 5.32 Å². The number of hydrogen-bond donors (Lipinski definition) is 1. The van der Waals surface area contributed by atoms with Gasteiger partial charge in [-0.05, 0) is 49.8 Å². The lowest BCUT2D eigenvalue weighted by molar-refractivity contribution is -0.144. The van der Waals surface area contributed by atoms with Crippen molar-refractivity contribution in [1.29, 1.82) is 0 Å². The molecule has 1 fully saturated rings. The number of amides is 1. The third-order valence-corrected chi connectivity index (χ3v) is 7.36. The summed E-state index contributed by atoms with van der Waals surface area (Å²) in [5, 5.41) is 3.03. The standard InChI is InChI=1S/C23H36N2O5S/c1-6-11-25(31(28,29)12-7-2)19-10-8-9-18(15-19)22(26)24-20(13-16(3)4)21-14-17(5)23(27)30-21/h8-10,15-17,20-21H,6-7,11-14H2,1-5H3,(H,24,26)/t17-,20+,21-/m1/s1. The number of carbonyl (C=O) groups excluding carboxylic acids is 2. The summed E-state index contributed by atoms with van der Waals surface area (Å²) in [6.07, 6.45) is 2.11. The van der Waals surface area contributed by atoms with Crippen molar-refractivity contribution in [2.45, 2.75) is 72.4 Å². The van der Waals surface area contributed by atoms with Crippen LogP contribution in [0, 0.1) is 11.8 Å². The Kier molecular flexibility index (Phi) is 8.91. The highest BCUT2D eigenvalue weighted by atomic mass is 32.2. The van der Waals surface area contributed by atoms with Crippen molar-refractivity contribution in [2.24, 2.45) is 11.8 Å². The molecule has 8 heteroatoms. The van der Waals surface area contributed by atoms with Crippen LogP contribution in [-0.2, 0) is 19.6 Å². The second-order valence-electron chi connectivity index (χ2n) is 8.76. The number of sulfonamides is 1. The number of carbonyl (C=O) groups is 2. The summed E-state index contributed by atoms with van der Waals surface area (Å²) in [4.78, 5) is 24.9. The fourth-order valence-corrected chi connectivity index (χ4v) is 5.50. The number of rotatable bonds is 11. The van der Waals surface area contributed by atoms with Gasteiger partial charge < -0.3 is 10.1 Å². The van der Waals surface area contributed by atoms with Gasteiger partial charge in [0.15, 0.2) is 0 Å². The number of anilines is 1. The third-order valence-electron chi connectivity index (χ3n) is 5.37. The van der Waals surface area contributed by atoms with E-state index in [1.54, 1.807) is 24.3 Å². The number of benzene rings is 1. The van der Waals surface area contributed by atoms with Crippen LogP contribution in [-0.4, -0.2) is 44.7 Å². The molecular formula is C23H36N2O5S. The number of ether oxygens (including phenoxy) is 1. The molecule has 1 aromatic carbocycles. The Balaban J connectivity index is 2.25. The lowest BCUT2D eigenvalue weighted by Crippen LogP contribution is -2.44. The summed E-state index contributed by atoms with van der Waals surface area (Å²) in [5.41, 5.74) is 0.876. The predicted molar refractivity (Wildman–Crippen MR) is 123 cm³/mol. The van der Waals surface area contributed by atoms with Crippen molar-refractivity contribution in [3.8, 4) is 0 Å². The number of esters is 1. The van der Waals surface area contributed by atoms with Gasteiger partial charge in [0, 0.05) is 12.1 Å². The monoisotopic (exact) mass is 452 g/mol. The highest BCUT2D eigenvalue weighted by Crippen LogP contribution is 2.26. The lowest BCUT2D eigenvalue weighted by Gasteiger charge is -2.26. The van der Waals surface area contributed by atoms with Gasteiger partial charge in [-0.2, -0.15) is 0 Å². The van der Waals surface area contributed by atoms with Crippen LogP contribution in [0.4, 0.5) is 5.69 Å². The van der Waals surface area contributed by atoms with Gasteiger partial charge in [-0.15, -0.1) is 0 Å². The normalized spacial score (nSPS) is 19.9. The maximum atomic E-state index is 13.0. The molecule has 174 valence electrons. The highest BCUT2D eigenvalue weighted by molar-refractivity contribution is 7.92. The first-order valence-corrected chi connectivity index (χ1v) is 12.8. The second-order valence-corrected chi connectivity index (χ2v) is 10.8. The van der Waals surface area contributed by atoms with Crippen molar-refractivity contribution in [3.63, 3.8) is 0 Å². The molecule has 3 atom stereocenters. The van der Waals surface area contributed by atoms with E-state index in [1.165, 1.54) is 4.31 Å². The fourth-order valence-electron chi connectivity index (χ4n) is 3.87. The molecular weight excluding hydrogens is 416 g/mol. The van der Waals surface area contributed by atoms with E-state index < -0.39 is 10.0 Å². The Morgan fingerprint density at radius 2 is 1.97 bits per heavy atom. The molecule has 2 rings (SSSR count). The minimum atomic E-state index is -3.45. The molecule has 0 saturated carbocycles. The van der Waals surface area contributed by atoms with Gasteiger partial charge in [-0.3, -0.25) is 13.9 Å². The smallest absolute Gasteiger partial charge is 0.309 e. The van der Waals surface area contributed by atoms with Crippen LogP contribution >= 0.6 is 0 Å². The molecule has 1 aliphatic heterocycles. The predicted octanol–water partition coefficient (Wildman–Crippen LogP) is 3.74. The molecule has 1 N–H and O–H groups in total. The van der Waals surface area contributed by atoms with Gasteiger partial charge in [-0.1, -0.05) is 40.7 Å². The van der Waals surface area contributed by atoms with Crippen LogP contribution in [0.15, 0.2) is 24.3 Å². The Morgan fingerprint density at radius 3 is 2.52 bits per heavy atom. The van der Waals surface area contributed by atoms with Crippen LogP contribution in [0.5, 0.6) is 0 Å². The van der Waals surface area contributed by atoms with E-state index in [1.807, 2.05) is 20.8 Å². The van der Waals surface area contributed by atoms with Crippen molar-refractivity contribution >= 4 is 27.6 Å². The topological polar surface area (TPSA) is 92.8 Å². The number of hydrogen-bond acceptors (Lipinski definition) is 5. The van der Waals surface area contributed by atoms with E-state index in [4.69, 9.17) is 4.74 Å². The van der Waals surface area contributed by atoms with Crippen LogP contribution in [0.2, 0.25) is 0 Å². The van der Waals surface area contributed by atoms with Crippen molar-refractivity contribution < 1.29 is 22.7 Å². The summed E-state index contributed by atoms with van der Waals surface area (Å²) in [5.74, 6) is -0.332. The molecule has 7 nitrogen and oxygen atoms in total. The first-order chi connectivity index (χ1) is 14.6. The molecule has 1 amide bonds. The van der Waals surface area contributed by atoms with Gasteiger partial charge in [0.2, 0.25) is 10.0 Å². The summed E-state index contributed by atoms with van der Waals surface area (Å²) in [6, 6.07) is 6.41. The third kappa shape index (κ3) is 6.69. The molecule has 1 aliphatic rings. The average Bonchev–Trinajstić information content (AvgIpc) is 3.03. The number of nitrogens with one attached hydrogen (secondary N) is 1. The first kappa shape index (κ1) is 25.2. The maximum Gasteiger partial charge on any atom is 0.309 e. The quantitative estimate of drug-likeness (QED) is 0.516. The van der Waals surface area contributed by atoms with E-state index >= 15 is 0 Å². The van der Waals surface area contributed by atoms with Crippen LogP contribution < -0.4 is 9.62 Å². The minimum Gasteiger partial charge on any atom is -0.460 e. The molecule has 0 bridgehead atoms.